The third-order valence-electron chi connectivity index (χ3n) is 2.12. The van der Waals surface area contributed by atoms with Crippen molar-refractivity contribution in [2.24, 2.45) is 0 Å². The summed E-state index contributed by atoms with van der Waals surface area (Å²) in [5.74, 6) is 0. The zero-order chi connectivity index (χ0) is 10.3. The van der Waals surface area contributed by atoms with Gasteiger partial charge in [-0.2, -0.15) is 0 Å². The third kappa shape index (κ3) is 1.45. The normalized spacial score (nSPS) is 11.0. The van der Waals surface area contributed by atoms with Crippen molar-refractivity contribution in [2.45, 2.75) is 0 Å². The number of rotatable bonds is 1. The summed E-state index contributed by atoms with van der Waals surface area (Å²) in [6.45, 7) is 0. The number of aromatic amines is 1. The van der Waals surface area contributed by atoms with Crippen LogP contribution in [0.1, 0.15) is 0 Å². The highest BCUT2D eigenvalue weighted by Gasteiger charge is 2.04. The zero-order valence-electron chi connectivity index (χ0n) is 7.61. The van der Waals surface area contributed by atoms with E-state index < -0.39 is 0 Å². The molecular weight excluding hydrogens is 256 g/mol. The van der Waals surface area contributed by atoms with Crippen LogP contribution in [0, 0.1) is 6.33 Å². The molecule has 0 saturated heterocycles. The van der Waals surface area contributed by atoms with Crippen LogP contribution in [0.4, 0.5) is 0 Å². The number of fused-ring (bicyclic) bond motifs is 1. The fraction of sp³-hybridized carbons (Fsp3) is 0. The van der Waals surface area contributed by atoms with Gasteiger partial charge in [0.25, 0.3) is 0 Å². The van der Waals surface area contributed by atoms with Crippen molar-refractivity contribution in [3.8, 4) is 5.69 Å². The molecule has 0 aliphatic rings. The second-order valence-electron chi connectivity index (χ2n) is 3.14. The van der Waals surface area contributed by atoms with Crippen LogP contribution < -0.4 is 0 Å². The molecule has 0 bridgehead atoms. The maximum atomic E-state index is 4.31. The smallest absolute Gasteiger partial charge is 0.200 e. The summed E-state index contributed by atoms with van der Waals surface area (Å²) in [7, 11) is 0. The first-order valence-corrected chi connectivity index (χ1v) is 5.19. The molecule has 1 aromatic carbocycles. The van der Waals surface area contributed by atoms with Crippen LogP contribution >= 0.6 is 15.9 Å². The Hall–Kier alpha value is -1.62. The second kappa shape index (κ2) is 3.20. The molecule has 0 spiro atoms. The lowest BCUT2D eigenvalue weighted by Gasteiger charge is -2.00. The van der Waals surface area contributed by atoms with Gasteiger partial charge in [-0.25, -0.2) is 9.67 Å². The molecule has 0 atom stereocenters. The van der Waals surface area contributed by atoms with E-state index in [-0.39, 0.29) is 0 Å². The van der Waals surface area contributed by atoms with Crippen LogP contribution in [-0.4, -0.2) is 19.7 Å². The Morgan fingerprint density at radius 2 is 2.33 bits per heavy atom. The highest BCUT2D eigenvalue weighted by atomic mass is 79.9. The van der Waals surface area contributed by atoms with E-state index in [0.29, 0.717) is 5.65 Å². The third-order valence-corrected chi connectivity index (χ3v) is 2.61. The van der Waals surface area contributed by atoms with Gasteiger partial charge in [-0.1, -0.05) is 22.0 Å². The van der Waals surface area contributed by atoms with Crippen LogP contribution in [-0.2, 0) is 0 Å². The molecule has 5 heteroatoms. The average Bonchev–Trinajstić information content (AvgIpc) is 2.76. The Bertz CT molecular complexity index is 582. The largest absolute Gasteiger partial charge is 0.333 e. The number of nitrogens with zero attached hydrogens (tertiary/aromatic N) is 3. The number of imidazole rings is 1. The molecule has 4 nitrogen and oxygen atoms in total. The summed E-state index contributed by atoms with van der Waals surface area (Å²) in [4.78, 5) is 6.86. The summed E-state index contributed by atoms with van der Waals surface area (Å²) < 4.78 is 2.81. The topological polar surface area (TPSA) is 46.5 Å². The minimum absolute atomic E-state index is 0.676. The Labute approximate surface area is 94.1 Å². The molecule has 0 fully saturated rings. The molecule has 0 aliphatic heterocycles. The summed E-state index contributed by atoms with van der Waals surface area (Å²) in [5.41, 5.74) is 2.56. The van der Waals surface area contributed by atoms with Gasteiger partial charge in [-0.05, 0) is 18.2 Å². The van der Waals surface area contributed by atoms with E-state index in [1.165, 1.54) is 0 Å². The first-order valence-electron chi connectivity index (χ1n) is 4.40. The van der Waals surface area contributed by atoms with Crippen molar-refractivity contribution in [1.29, 1.82) is 0 Å². The maximum absolute atomic E-state index is 4.31. The fourth-order valence-corrected chi connectivity index (χ4v) is 1.81. The lowest BCUT2D eigenvalue weighted by atomic mass is 10.3. The van der Waals surface area contributed by atoms with Gasteiger partial charge >= 0.3 is 0 Å². The maximum Gasteiger partial charge on any atom is 0.200 e. The van der Waals surface area contributed by atoms with Crippen molar-refractivity contribution in [3.05, 3.63) is 41.3 Å². The van der Waals surface area contributed by atoms with E-state index in [0.717, 1.165) is 15.7 Å². The first-order chi connectivity index (χ1) is 7.33. The molecule has 15 heavy (non-hydrogen) atoms. The molecule has 0 unspecified atom stereocenters. The Kier molecular flexibility index (Phi) is 1.85. The first kappa shape index (κ1) is 8.67. The number of hydrogen-bond donors (Lipinski definition) is 1. The van der Waals surface area contributed by atoms with Gasteiger partial charge in [0.05, 0.1) is 11.9 Å². The number of H-pyrrole nitrogens is 1. The molecular formula is C10H6BrN4. The highest BCUT2D eigenvalue weighted by Crippen LogP contribution is 2.16. The van der Waals surface area contributed by atoms with E-state index in [1.54, 1.807) is 4.68 Å². The standard InChI is InChI=1S/C10H6BrN4/c11-7-2-1-3-8(4-7)15-5-9-10(14-15)13-6-12-9/h1-5H,(H,12,13,14). The van der Waals surface area contributed by atoms with Gasteiger partial charge < -0.3 is 4.98 Å². The zero-order valence-corrected chi connectivity index (χ0v) is 9.19. The molecule has 1 radical (unpaired) electrons. The summed E-state index contributed by atoms with van der Waals surface area (Å²) in [6.07, 6.45) is 4.54. The van der Waals surface area contributed by atoms with Gasteiger partial charge in [-0.3, -0.25) is 0 Å². The van der Waals surface area contributed by atoms with Crippen LogP contribution in [0.25, 0.3) is 16.9 Å². The van der Waals surface area contributed by atoms with E-state index >= 15 is 0 Å². The lowest BCUT2D eigenvalue weighted by molar-refractivity contribution is 0.886. The van der Waals surface area contributed by atoms with Crippen molar-refractivity contribution in [2.75, 3.05) is 0 Å². The van der Waals surface area contributed by atoms with E-state index in [2.05, 4.69) is 37.3 Å². The quantitative estimate of drug-likeness (QED) is 0.731. The molecule has 2 heterocycles. The number of aromatic nitrogens is 4. The lowest BCUT2D eigenvalue weighted by Crippen LogP contribution is -1.93. The molecule has 1 N–H and O–H groups in total. The van der Waals surface area contributed by atoms with Gasteiger partial charge in [0.15, 0.2) is 12.0 Å². The van der Waals surface area contributed by atoms with Gasteiger partial charge in [-0.15, -0.1) is 5.10 Å². The molecule has 0 saturated carbocycles. The summed E-state index contributed by atoms with van der Waals surface area (Å²) >= 11 is 3.42. The van der Waals surface area contributed by atoms with Crippen LogP contribution in [0.15, 0.2) is 34.9 Å². The van der Waals surface area contributed by atoms with Gasteiger partial charge in [0, 0.05) is 4.47 Å². The molecule has 0 aliphatic carbocycles. The minimum Gasteiger partial charge on any atom is -0.333 e. The highest BCUT2D eigenvalue weighted by molar-refractivity contribution is 9.10. The number of benzene rings is 1. The van der Waals surface area contributed by atoms with E-state index in [9.17, 15) is 0 Å². The van der Waals surface area contributed by atoms with Crippen LogP contribution in [0.5, 0.6) is 0 Å². The van der Waals surface area contributed by atoms with Crippen LogP contribution in [0.2, 0.25) is 0 Å². The number of hydrogen-bond acceptors (Lipinski definition) is 2. The van der Waals surface area contributed by atoms with Gasteiger partial charge in [0.2, 0.25) is 0 Å². The predicted octanol–water partition coefficient (Wildman–Crippen LogP) is 2.31. The van der Waals surface area contributed by atoms with Crippen molar-refractivity contribution >= 4 is 27.1 Å². The van der Waals surface area contributed by atoms with Crippen LogP contribution in [0.3, 0.4) is 0 Å². The Morgan fingerprint density at radius 3 is 3.13 bits per heavy atom. The monoisotopic (exact) mass is 261 g/mol. The van der Waals surface area contributed by atoms with Crippen molar-refractivity contribution < 1.29 is 0 Å². The Balaban J connectivity index is 2.17. The van der Waals surface area contributed by atoms with Crippen molar-refractivity contribution in [1.82, 2.24) is 19.7 Å². The minimum atomic E-state index is 0.676. The molecule has 3 rings (SSSR count). The molecule has 2 aromatic heterocycles. The Morgan fingerprint density at radius 1 is 1.40 bits per heavy atom. The van der Waals surface area contributed by atoms with E-state index in [1.807, 2.05) is 30.5 Å². The predicted molar refractivity (Wildman–Crippen MR) is 59.8 cm³/mol. The molecule has 73 valence electrons. The second-order valence-corrected chi connectivity index (χ2v) is 4.06. The average molecular weight is 262 g/mol. The van der Waals surface area contributed by atoms with Crippen molar-refractivity contribution in [3.63, 3.8) is 0 Å². The van der Waals surface area contributed by atoms with E-state index in [4.69, 9.17) is 0 Å². The SMILES string of the molecule is Brc1cccc(-n2cc3[nH][c]nc3n2)c1. The number of halogens is 1. The summed E-state index contributed by atoms with van der Waals surface area (Å²) in [5, 5.41) is 4.31. The fourth-order valence-electron chi connectivity index (χ4n) is 1.43. The summed E-state index contributed by atoms with van der Waals surface area (Å²) in [6, 6.07) is 7.93. The number of nitrogens with one attached hydrogen (secondary N) is 1. The molecule has 3 aromatic rings. The van der Waals surface area contributed by atoms with Gasteiger partial charge in [0.1, 0.15) is 5.52 Å². The molecule has 0 amide bonds.